The largest absolute Gasteiger partial charge is 0.355 e. The zero-order chi connectivity index (χ0) is 23.8. The Bertz CT molecular complexity index is 1550. The molecule has 0 saturated heterocycles. The zero-order valence-corrected chi connectivity index (χ0v) is 18.5. The van der Waals surface area contributed by atoms with Gasteiger partial charge < -0.3 is 20.5 Å². The molecule has 0 spiro atoms. The Morgan fingerprint density at radius 3 is 2.59 bits per heavy atom. The third-order valence-corrected chi connectivity index (χ3v) is 5.24. The monoisotopic (exact) mass is 456 g/mol. The smallest absolute Gasteiger partial charge is 0.321 e. The number of aromatic amines is 2. The van der Waals surface area contributed by atoms with Crippen LogP contribution in [0.5, 0.6) is 0 Å². The molecule has 34 heavy (non-hydrogen) atoms. The average Bonchev–Trinajstić information content (AvgIpc) is 3.47. The van der Waals surface area contributed by atoms with E-state index in [1.807, 2.05) is 12.1 Å². The van der Waals surface area contributed by atoms with Gasteiger partial charge in [-0.3, -0.25) is 19.9 Å². The molecule has 0 aliphatic heterocycles. The second-order valence-electron chi connectivity index (χ2n) is 7.73. The lowest BCUT2D eigenvalue weighted by molar-refractivity contribution is 0.0964. The molecule has 12 nitrogen and oxygen atoms in total. The molecule has 5 aromatic heterocycles. The maximum absolute atomic E-state index is 12.2. The fourth-order valence-electron chi connectivity index (χ4n) is 3.49. The van der Waals surface area contributed by atoms with E-state index >= 15 is 0 Å². The van der Waals surface area contributed by atoms with E-state index in [-0.39, 0.29) is 11.9 Å². The van der Waals surface area contributed by atoms with Crippen LogP contribution in [0.25, 0.3) is 44.7 Å². The van der Waals surface area contributed by atoms with Gasteiger partial charge in [0, 0.05) is 50.9 Å². The molecule has 170 valence electrons. The number of fused-ring (bicyclic) bond motifs is 2. The number of carbonyl (C=O) groups excluding carboxylic acids is 2. The second-order valence-corrected chi connectivity index (χ2v) is 7.73. The van der Waals surface area contributed by atoms with Crippen LogP contribution in [0, 0.1) is 0 Å². The van der Waals surface area contributed by atoms with Gasteiger partial charge in [0.15, 0.2) is 11.5 Å². The number of imidazole rings is 1. The van der Waals surface area contributed by atoms with Crippen LogP contribution in [0.4, 0.5) is 10.5 Å². The number of amides is 3. The topological polar surface area (TPSA) is 157 Å². The van der Waals surface area contributed by atoms with Crippen molar-refractivity contribution >= 4 is 39.7 Å². The summed E-state index contributed by atoms with van der Waals surface area (Å²) in [4.78, 5) is 46.2. The molecule has 4 N–H and O–H groups in total. The molecule has 0 aliphatic rings. The Labute approximate surface area is 192 Å². The van der Waals surface area contributed by atoms with Crippen molar-refractivity contribution in [2.75, 3.05) is 26.5 Å². The molecule has 5 aromatic rings. The summed E-state index contributed by atoms with van der Waals surface area (Å²) in [6, 6.07) is 3.49. The first-order chi connectivity index (χ1) is 16.4. The summed E-state index contributed by atoms with van der Waals surface area (Å²) in [5.41, 5.74) is 4.74. The van der Waals surface area contributed by atoms with Gasteiger partial charge in [-0.05, 0) is 12.1 Å². The Morgan fingerprint density at radius 2 is 1.79 bits per heavy atom. The molecule has 0 bridgehead atoms. The molecule has 0 aromatic carbocycles. The van der Waals surface area contributed by atoms with Crippen molar-refractivity contribution in [1.29, 1.82) is 0 Å². The number of urea groups is 1. The summed E-state index contributed by atoms with van der Waals surface area (Å²) >= 11 is 0. The van der Waals surface area contributed by atoms with E-state index in [1.165, 1.54) is 11.1 Å². The van der Waals surface area contributed by atoms with Crippen molar-refractivity contribution in [3.05, 3.63) is 48.7 Å². The summed E-state index contributed by atoms with van der Waals surface area (Å²) in [7, 11) is 4.88. The molecule has 0 saturated carbocycles. The number of pyridine rings is 3. The normalized spacial score (nSPS) is 11.0. The fraction of sp³-hybridized carbons (Fsp3) is 0.136. The number of carbonyl (C=O) groups is 2. The van der Waals surface area contributed by atoms with E-state index in [2.05, 4.69) is 45.8 Å². The molecule has 12 heteroatoms. The van der Waals surface area contributed by atoms with E-state index < -0.39 is 0 Å². The van der Waals surface area contributed by atoms with Crippen LogP contribution in [-0.4, -0.2) is 73.1 Å². The van der Waals surface area contributed by atoms with Crippen molar-refractivity contribution in [2.45, 2.75) is 0 Å². The molecule has 0 radical (unpaired) electrons. The van der Waals surface area contributed by atoms with Gasteiger partial charge in [0.1, 0.15) is 11.2 Å². The lowest BCUT2D eigenvalue weighted by Crippen LogP contribution is -2.27. The predicted molar refractivity (Wildman–Crippen MR) is 126 cm³/mol. The van der Waals surface area contributed by atoms with E-state index in [1.54, 1.807) is 45.9 Å². The first kappa shape index (κ1) is 21.0. The SMILES string of the molecule is CNC(=O)c1cncc2[nH]c(-c3[nH]nc4ncc(-c5cncc(NC(=O)N(C)C)c5)cc34)nc12. The highest BCUT2D eigenvalue weighted by Crippen LogP contribution is 2.30. The van der Waals surface area contributed by atoms with Crippen molar-refractivity contribution < 1.29 is 9.59 Å². The molecule has 5 heterocycles. The Hall–Kier alpha value is -4.87. The molecule has 0 aliphatic carbocycles. The van der Waals surface area contributed by atoms with Crippen LogP contribution < -0.4 is 10.6 Å². The number of anilines is 1. The molecular formula is C22H20N10O2. The summed E-state index contributed by atoms with van der Waals surface area (Å²) in [6.07, 6.45) is 8.04. The molecular weight excluding hydrogens is 436 g/mol. The average molecular weight is 456 g/mol. The predicted octanol–water partition coefficient (Wildman–Crippen LogP) is 2.41. The zero-order valence-electron chi connectivity index (χ0n) is 18.5. The summed E-state index contributed by atoms with van der Waals surface area (Å²) in [6.45, 7) is 0. The molecule has 0 atom stereocenters. The van der Waals surface area contributed by atoms with Gasteiger partial charge in [-0.15, -0.1) is 0 Å². The van der Waals surface area contributed by atoms with E-state index in [4.69, 9.17) is 0 Å². The van der Waals surface area contributed by atoms with Gasteiger partial charge in [0.25, 0.3) is 5.91 Å². The second kappa shape index (κ2) is 8.24. The standard InChI is InChI=1S/C22H20N10O2/c1-23-21(33)15-9-25-10-16-17(15)29-20(28-16)18-14-5-12(7-26-19(14)31-30-18)11-4-13(8-24-6-11)27-22(34)32(2)3/h4-10H,1-3H3,(H,23,33)(H,27,34)(H,28,29)(H,26,30,31). The number of nitrogens with zero attached hydrogens (tertiary/aromatic N) is 6. The maximum Gasteiger partial charge on any atom is 0.321 e. The summed E-state index contributed by atoms with van der Waals surface area (Å²) in [5, 5.41) is 13.4. The number of H-pyrrole nitrogens is 2. The van der Waals surface area contributed by atoms with E-state index in [0.717, 1.165) is 16.5 Å². The lowest BCUT2D eigenvalue weighted by Gasteiger charge is -2.12. The Morgan fingerprint density at radius 1 is 1.00 bits per heavy atom. The van der Waals surface area contributed by atoms with Crippen molar-refractivity contribution in [2.24, 2.45) is 0 Å². The highest BCUT2D eigenvalue weighted by Gasteiger charge is 2.18. The van der Waals surface area contributed by atoms with Gasteiger partial charge in [0.2, 0.25) is 0 Å². The van der Waals surface area contributed by atoms with Crippen molar-refractivity contribution in [3.8, 4) is 22.6 Å². The number of rotatable bonds is 4. The van der Waals surface area contributed by atoms with Gasteiger partial charge in [-0.2, -0.15) is 5.10 Å². The van der Waals surface area contributed by atoms with Crippen LogP contribution in [0.2, 0.25) is 0 Å². The van der Waals surface area contributed by atoms with Crippen LogP contribution in [-0.2, 0) is 0 Å². The van der Waals surface area contributed by atoms with Crippen LogP contribution in [0.15, 0.2) is 43.1 Å². The van der Waals surface area contributed by atoms with Crippen LogP contribution in [0.1, 0.15) is 10.4 Å². The quantitative estimate of drug-likeness (QED) is 0.323. The number of nitrogens with one attached hydrogen (secondary N) is 4. The van der Waals surface area contributed by atoms with E-state index in [0.29, 0.717) is 39.4 Å². The van der Waals surface area contributed by atoms with Gasteiger partial charge in [-0.1, -0.05) is 0 Å². The summed E-state index contributed by atoms with van der Waals surface area (Å²) in [5.74, 6) is 0.225. The fourth-order valence-corrected chi connectivity index (χ4v) is 3.49. The highest BCUT2D eigenvalue weighted by atomic mass is 16.2. The van der Waals surface area contributed by atoms with Crippen molar-refractivity contribution in [1.82, 2.24) is 45.3 Å². The Balaban J connectivity index is 1.56. The Kier molecular flexibility index (Phi) is 5.09. The minimum Gasteiger partial charge on any atom is -0.355 e. The molecule has 3 amide bonds. The van der Waals surface area contributed by atoms with Gasteiger partial charge in [0.05, 0.1) is 34.5 Å². The lowest BCUT2D eigenvalue weighted by atomic mass is 10.1. The highest BCUT2D eigenvalue weighted by molar-refractivity contribution is 6.05. The summed E-state index contributed by atoms with van der Waals surface area (Å²) < 4.78 is 0. The number of hydrogen-bond acceptors (Lipinski definition) is 7. The third-order valence-electron chi connectivity index (χ3n) is 5.24. The van der Waals surface area contributed by atoms with Gasteiger partial charge >= 0.3 is 6.03 Å². The van der Waals surface area contributed by atoms with Crippen LogP contribution >= 0.6 is 0 Å². The first-order valence-electron chi connectivity index (χ1n) is 10.3. The number of hydrogen-bond donors (Lipinski definition) is 4. The van der Waals surface area contributed by atoms with Gasteiger partial charge in [-0.25, -0.2) is 14.8 Å². The van der Waals surface area contributed by atoms with Crippen molar-refractivity contribution in [3.63, 3.8) is 0 Å². The third kappa shape index (κ3) is 3.66. The minimum atomic E-state index is -0.275. The van der Waals surface area contributed by atoms with Crippen LogP contribution in [0.3, 0.4) is 0 Å². The molecule has 5 rings (SSSR count). The minimum absolute atomic E-state index is 0.250. The molecule has 0 unspecified atom stereocenters. The maximum atomic E-state index is 12.2. The molecule has 0 fully saturated rings. The number of aromatic nitrogens is 7. The first-order valence-corrected chi connectivity index (χ1v) is 10.3. The van der Waals surface area contributed by atoms with E-state index in [9.17, 15) is 9.59 Å².